The van der Waals surface area contributed by atoms with Gasteiger partial charge in [0, 0.05) is 38.6 Å². The molecule has 0 aromatic carbocycles. The van der Waals surface area contributed by atoms with E-state index in [0.717, 1.165) is 0 Å². The van der Waals surface area contributed by atoms with E-state index in [4.69, 9.17) is 9.15 Å². The highest BCUT2D eigenvalue weighted by atomic mass is 32.2. The zero-order valence-corrected chi connectivity index (χ0v) is 16.5. The first kappa shape index (κ1) is 20.1. The largest absolute Gasteiger partial charge is 0.460 e. The molecular formula is C17H22N4O6S. The van der Waals surface area contributed by atoms with Crippen LogP contribution in [0.2, 0.25) is 0 Å². The molecule has 11 heteroatoms. The predicted octanol–water partition coefficient (Wildman–Crippen LogP) is 0.747. The Morgan fingerprint density at radius 3 is 2.57 bits per heavy atom. The fraction of sp³-hybridized carbons (Fsp3) is 0.471. The molecule has 0 unspecified atom stereocenters. The standard InChI is InChI=1S/C17H22N4O6S/c1-3-26-17(23)14-4-5-15(27-14)28(24,25)21-10-8-19(9-11-21)16(22)13(2)20-7-6-18-12-20/h4-7,12-13H,3,8-11H2,1-2H3/t13-/m0/s1. The summed E-state index contributed by atoms with van der Waals surface area (Å²) < 4.78 is 38.4. The zero-order chi connectivity index (χ0) is 20.3. The zero-order valence-electron chi connectivity index (χ0n) is 15.6. The summed E-state index contributed by atoms with van der Waals surface area (Å²) in [6, 6.07) is 2.10. The second kappa shape index (κ2) is 8.15. The van der Waals surface area contributed by atoms with Gasteiger partial charge in [-0.15, -0.1) is 0 Å². The van der Waals surface area contributed by atoms with Crippen molar-refractivity contribution in [2.24, 2.45) is 0 Å². The second-order valence-corrected chi connectivity index (χ2v) is 8.12. The van der Waals surface area contributed by atoms with Crippen molar-refractivity contribution in [1.82, 2.24) is 18.8 Å². The fourth-order valence-corrected chi connectivity index (χ4v) is 4.27. The van der Waals surface area contributed by atoms with Gasteiger partial charge >= 0.3 is 5.97 Å². The number of ether oxygens (including phenoxy) is 1. The fourth-order valence-electron chi connectivity index (χ4n) is 2.94. The molecule has 1 aliphatic rings. The van der Waals surface area contributed by atoms with E-state index in [9.17, 15) is 18.0 Å². The minimum Gasteiger partial charge on any atom is -0.460 e. The van der Waals surface area contributed by atoms with Gasteiger partial charge in [-0.25, -0.2) is 18.2 Å². The van der Waals surface area contributed by atoms with Crippen LogP contribution in [-0.4, -0.2) is 71.8 Å². The molecule has 2 aromatic rings. The first-order valence-electron chi connectivity index (χ1n) is 8.88. The molecule has 3 heterocycles. The Bertz CT molecular complexity index is 929. The third kappa shape index (κ3) is 3.94. The molecule has 0 saturated carbocycles. The summed E-state index contributed by atoms with van der Waals surface area (Å²) in [4.78, 5) is 29.8. The summed E-state index contributed by atoms with van der Waals surface area (Å²) >= 11 is 0. The molecule has 1 aliphatic heterocycles. The van der Waals surface area contributed by atoms with Crippen LogP contribution in [0.25, 0.3) is 0 Å². The van der Waals surface area contributed by atoms with Crippen LogP contribution in [0.1, 0.15) is 30.4 Å². The molecule has 1 atom stereocenters. The number of imidazole rings is 1. The van der Waals surface area contributed by atoms with Crippen molar-refractivity contribution in [1.29, 1.82) is 0 Å². The van der Waals surface area contributed by atoms with E-state index in [1.54, 1.807) is 42.0 Å². The van der Waals surface area contributed by atoms with Gasteiger partial charge in [0.05, 0.1) is 12.9 Å². The lowest BCUT2D eigenvalue weighted by atomic mass is 10.2. The van der Waals surface area contributed by atoms with Crippen LogP contribution in [0, 0.1) is 0 Å². The predicted molar refractivity (Wildman–Crippen MR) is 96.9 cm³/mol. The first-order valence-corrected chi connectivity index (χ1v) is 10.3. The number of carbonyl (C=O) groups is 2. The van der Waals surface area contributed by atoms with Gasteiger partial charge in [0.15, 0.2) is 0 Å². The molecule has 3 rings (SSSR count). The normalized spacial score (nSPS) is 16.7. The summed E-state index contributed by atoms with van der Waals surface area (Å²) in [5.74, 6) is -0.978. The average Bonchev–Trinajstić information content (AvgIpc) is 3.39. The number of piperazine rings is 1. The molecule has 0 radical (unpaired) electrons. The third-order valence-corrected chi connectivity index (χ3v) is 6.30. The number of hydrogen-bond acceptors (Lipinski definition) is 7. The van der Waals surface area contributed by atoms with Crippen LogP contribution < -0.4 is 0 Å². The van der Waals surface area contributed by atoms with Crippen molar-refractivity contribution >= 4 is 21.9 Å². The van der Waals surface area contributed by atoms with Gasteiger partial charge in [0.1, 0.15) is 6.04 Å². The van der Waals surface area contributed by atoms with Gasteiger partial charge in [-0.05, 0) is 26.0 Å². The van der Waals surface area contributed by atoms with Gasteiger partial charge in [0.2, 0.25) is 16.8 Å². The SMILES string of the molecule is CCOC(=O)c1ccc(S(=O)(=O)N2CCN(C(=O)[C@H](C)n3ccnc3)CC2)o1. The maximum Gasteiger partial charge on any atom is 0.374 e. The molecule has 0 aliphatic carbocycles. The van der Waals surface area contributed by atoms with Crippen LogP contribution in [0.3, 0.4) is 0 Å². The van der Waals surface area contributed by atoms with Gasteiger partial charge in [-0.3, -0.25) is 4.79 Å². The number of furan rings is 1. The summed E-state index contributed by atoms with van der Waals surface area (Å²) in [5.41, 5.74) is 0. The van der Waals surface area contributed by atoms with Crippen LogP contribution in [0.4, 0.5) is 0 Å². The Hall–Kier alpha value is -2.66. The van der Waals surface area contributed by atoms with Crippen molar-refractivity contribution in [3.05, 3.63) is 36.6 Å². The first-order chi connectivity index (χ1) is 13.3. The summed E-state index contributed by atoms with van der Waals surface area (Å²) in [5, 5.41) is -0.317. The molecule has 1 fully saturated rings. The minimum atomic E-state index is -3.90. The van der Waals surface area contributed by atoms with E-state index < -0.39 is 22.0 Å². The molecule has 28 heavy (non-hydrogen) atoms. The second-order valence-electron chi connectivity index (χ2n) is 6.25. The number of carbonyl (C=O) groups excluding carboxylic acids is 2. The molecule has 10 nitrogen and oxygen atoms in total. The van der Waals surface area contributed by atoms with Crippen molar-refractivity contribution in [2.75, 3.05) is 32.8 Å². The van der Waals surface area contributed by atoms with Crippen molar-refractivity contribution in [3.8, 4) is 0 Å². The highest BCUT2D eigenvalue weighted by molar-refractivity contribution is 7.89. The van der Waals surface area contributed by atoms with Gasteiger partial charge < -0.3 is 18.6 Å². The van der Waals surface area contributed by atoms with Crippen LogP contribution in [-0.2, 0) is 19.6 Å². The van der Waals surface area contributed by atoms with Crippen LogP contribution >= 0.6 is 0 Å². The third-order valence-electron chi connectivity index (χ3n) is 4.53. The highest BCUT2D eigenvalue weighted by Crippen LogP contribution is 2.21. The van der Waals surface area contributed by atoms with Crippen molar-refractivity contribution in [3.63, 3.8) is 0 Å². The topological polar surface area (TPSA) is 115 Å². The Labute approximate surface area is 162 Å². The van der Waals surface area contributed by atoms with E-state index >= 15 is 0 Å². The molecule has 152 valence electrons. The Morgan fingerprint density at radius 1 is 1.25 bits per heavy atom. The van der Waals surface area contributed by atoms with Crippen LogP contribution in [0.15, 0.2) is 40.4 Å². The smallest absolute Gasteiger partial charge is 0.374 e. The van der Waals surface area contributed by atoms with E-state index in [1.807, 2.05) is 0 Å². The maximum absolute atomic E-state index is 12.7. The lowest BCUT2D eigenvalue weighted by molar-refractivity contribution is -0.135. The Kier molecular flexibility index (Phi) is 5.84. The summed E-state index contributed by atoms with van der Waals surface area (Å²) in [6.45, 7) is 4.39. The van der Waals surface area contributed by atoms with Gasteiger partial charge in [-0.1, -0.05) is 0 Å². The lowest BCUT2D eigenvalue weighted by Crippen LogP contribution is -2.51. The van der Waals surface area contributed by atoms with Crippen molar-refractivity contribution in [2.45, 2.75) is 25.0 Å². The van der Waals surface area contributed by atoms with E-state index in [2.05, 4.69) is 4.98 Å². The molecule has 2 aromatic heterocycles. The van der Waals surface area contributed by atoms with Crippen LogP contribution in [0.5, 0.6) is 0 Å². The number of hydrogen-bond donors (Lipinski definition) is 0. The summed E-state index contributed by atoms with van der Waals surface area (Å²) in [6.07, 6.45) is 4.88. The molecule has 1 saturated heterocycles. The minimum absolute atomic E-state index is 0.0994. The average molecular weight is 410 g/mol. The molecule has 0 bridgehead atoms. The number of rotatable bonds is 6. The van der Waals surface area contributed by atoms with E-state index in [1.165, 1.54) is 16.4 Å². The number of nitrogens with zero attached hydrogens (tertiary/aromatic N) is 4. The maximum atomic E-state index is 12.7. The Morgan fingerprint density at radius 2 is 1.96 bits per heavy atom. The molecule has 1 amide bonds. The number of amides is 1. The van der Waals surface area contributed by atoms with E-state index in [0.29, 0.717) is 0 Å². The molecular weight excluding hydrogens is 388 g/mol. The molecule has 0 N–H and O–H groups in total. The number of aromatic nitrogens is 2. The number of sulfonamides is 1. The number of esters is 1. The van der Waals surface area contributed by atoms with Crippen molar-refractivity contribution < 1.29 is 27.2 Å². The van der Waals surface area contributed by atoms with E-state index in [-0.39, 0.29) is 49.5 Å². The highest BCUT2D eigenvalue weighted by Gasteiger charge is 2.34. The summed E-state index contributed by atoms with van der Waals surface area (Å²) in [7, 11) is -3.90. The monoisotopic (exact) mass is 410 g/mol. The quantitative estimate of drug-likeness (QED) is 0.645. The molecule has 0 spiro atoms. The Balaban J connectivity index is 1.64. The van der Waals surface area contributed by atoms with Gasteiger partial charge in [0.25, 0.3) is 10.0 Å². The lowest BCUT2D eigenvalue weighted by Gasteiger charge is -2.34. The van der Waals surface area contributed by atoms with Gasteiger partial charge in [-0.2, -0.15) is 4.31 Å².